The summed E-state index contributed by atoms with van der Waals surface area (Å²) in [5.74, 6) is 0.922. The molecule has 1 amide bonds. The van der Waals surface area contributed by atoms with Crippen molar-refractivity contribution < 1.29 is 14.6 Å². The van der Waals surface area contributed by atoms with Crippen LogP contribution in [0.4, 0.5) is 5.69 Å². The van der Waals surface area contributed by atoms with Crippen molar-refractivity contribution in [1.29, 1.82) is 0 Å². The van der Waals surface area contributed by atoms with Crippen molar-refractivity contribution in [2.45, 2.75) is 19.8 Å². The Bertz CT molecular complexity index is 983. The molecule has 1 aromatic heterocycles. The van der Waals surface area contributed by atoms with Crippen molar-refractivity contribution in [2.75, 3.05) is 24.7 Å². The van der Waals surface area contributed by atoms with Gasteiger partial charge in [0, 0.05) is 29.6 Å². The Hall–Kier alpha value is -2.92. The van der Waals surface area contributed by atoms with E-state index >= 15 is 0 Å². The highest BCUT2D eigenvalue weighted by molar-refractivity contribution is 5.98. The van der Waals surface area contributed by atoms with Crippen molar-refractivity contribution in [3.63, 3.8) is 0 Å². The monoisotopic (exact) mass is 362 g/mol. The van der Waals surface area contributed by atoms with Crippen LogP contribution in [0, 0.1) is 6.92 Å². The summed E-state index contributed by atoms with van der Waals surface area (Å²) >= 11 is 0. The first-order valence-corrected chi connectivity index (χ1v) is 9.21. The number of amides is 1. The van der Waals surface area contributed by atoms with Crippen LogP contribution < -0.4 is 9.64 Å². The lowest BCUT2D eigenvalue weighted by atomic mass is 10.0. The number of pyridine rings is 1. The molecule has 1 saturated heterocycles. The number of ether oxygens (including phenoxy) is 1. The average molecular weight is 362 g/mol. The fraction of sp³-hybridized carbons (Fsp3) is 0.273. The Morgan fingerprint density at radius 2 is 1.96 bits per heavy atom. The van der Waals surface area contributed by atoms with E-state index in [1.807, 2.05) is 41.3 Å². The molecule has 1 N–H and O–H groups in total. The van der Waals surface area contributed by atoms with Gasteiger partial charge >= 0.3 is 0 Å². The quantitative estimate of drug-likeness (QED) is 0.752. The molecule has 0 unspecified atom stereocenters. The maximum atomic E-state index is 12.0. The molecule has 138 valence electrons. The number of benzene rings is 2. The fourth-order valence-corrected chi connectivity index (χ4v) is 3.50. The van der Waals surface area contributed by atoms with Crippen LogP contribution in [-0.4, -0.2) is 35.8 Å². The minimum Gasteiger partial charge on any atom is -0.491 e. The predicted molar refractivity (Wildman–Crippen MR) is 106 cm³/mol. The van der Waals surface area contributed by atoms with E-state index in [0.717, 1.165) is 52.1 Å². The van der Waals surface area contributed by atoms with Gasteiger partial charge in [0.1, 0.15) is 12.4 Å². The van der Waals surface area contributed by atoms with E-state index in [9.17, 15) is 4.79 Å². The first-order valence-electron chi connectivity index (χ1n) is 9.21. The van der Waals surface area contributed by atoms with Gasteiger partial charge < -0.3 is 14.7 Å². The summed E-state index contributed by atoms with van der Waals surface area (Å²) in [6, 6.07) is 15.8. The van der Waals surface area contributed by atoms with E-state index in [1.54, 1.807) is 0 Å². The molecule has 5 heteroatoms. The second-order valence-corrected chi connectivity index (χ2v) is 6.77. The number of hydrogen-bond donors (Lipinski definition) is 1. The van der Waals surface area contributed by atoms with E-state index in [4.69, 9.17) is 14.8 Å². The van der Waals surface area contributed by atoms with Crippen LogP contribution in [0.15, 0.2) is 48.5 Å². The number of aryl methyl sites for hydroxylation is 1. The van der Waals surface area contributed by atoms with Gasteiger partial charge in [-0.2, -0.15) is 0 Å². The molecule has 3 aromatic rings. The Balaban J connectivity index is 1.66. The molecule has 4 rings (SSSR count). The SMILES string of the molecule is Cc1cc(-c2ccc(OCCO)cc2)nc2ccc(N3CCCC3=O)cc12. The van der Waals surface area contributed by atoms with Gasteiger partial charge in [0.15, 0.2) is 0 Å². The highest BCUT2D eigenvalue weighted by Gasteiger charge is 2.22. The number of nitrogens with zero attached hydrogens (tertiary/aromatic N) is 2. The van der Waals surface area contributed by atoms with Crippen molar-refractivity contribution in [3.05, 3.63) is 54.1 Å². The third-order valence-electron chi connectivity index (χ3n) is 4.89. The molecule has 5 nitrogen and oxygen atoms in total. The van der Waals surface area contributed by atoms with Crippen LogP contribution in [0.25, 0.3) is 22.2 Å². The summed E-state index contributed by atoms with van der Waals surface area (Å²) in [4.78, 5) is 18.7. The maximum Gasteiger partial charge on any atom is 0.227 e. The number of anilines is 1. The largest absolute Gasteiger partial charge is 0.491 e. The van der Waals surface area contributed by atoms with Gasteiger partial charge in [0.2, 0.25) is 5.91 Å². The van der Waals surface area contributed by atoms with Gasteiger partial charge in [-0.1, -0.05) is 0 Å². The van der Waals surface area contributed by atoms with E-state index in [1.165, 1.54) is 0 Å². The molecule has 2 aromatic carbocycles. The number of aliphatic hydroxyl groups is 1. The standard InChI is InChI=1S/C22H22N2O3/c1-15-13-21(16-4-7-18(8-5-16)27-12-11-25)23-20-9-6-17(14-19(15)20)24-10-2-3-22(24)26/h4-9,13-14,25H,2-3,10-12H2,1H3. The third kappa shape index (κ3) is 3.51. The van der Waals surface area contributed by atoms with Crippen LogP contribution >= 0.6 is 0 Å². The molecular weight excluding hydrogens is 340 g/mol. The molecule has 0 radical (unpaired) electrons. The molecule has 0 spiro atoms. The number of carbonyl (C=O) groups excluding carboxylic acids is 1. The summed E-state index contributed by atoms with van der Waals surface area (Å²) in [6.07, 6.45) is 1.55. The van der Waals surface area contributed by atoms with Gasteiger partial charge in [-0.15, -0.1) is 0 Å². The Kier molecular flexibility index (Phi) is 4.77. The summed E-state index contributed by atoms with van der Waals surface area (Å²) in [7, 11) is 0. The van der Waals surface area contributed by atoms with Gasteiger partial charge in [0.25, 0.3) is 0 Å². The predicted octanol–water partition coefficient (Wildman–Crippen LogP) is 3.71. The van der Waals surface area contributed by atoms with Crippen LogP contribution in [0.5, 0.6) is 5.75 Å². The van der Waals surface area contributed by atoms with Crippen molar-refractivity contribution in [3.8, 4) is 17.0 Å². The first kappa shape index (κ1) is 17.5. The Morgan fingerprint density at radius 1 is 1.15 bits per heavy atom. The number of fused-ring (bicyclic) bond motifs is 1. The van der Waals surface area contributed by atoms with Crippen LogP contribution in [0.3, 0.4) is 0 Å². The smallest absolute Gasteiger partial charge is 0.227 e. The molecule has 27 heavy (non-hydrogen) atoms. The highest BCUT2D eigenvalue weighted by Crippen LogP contribution is 2.30. The van der Waals surface area contributed by atoms with Crippen molar-refractivity contribution >= 4 is 22.5 Å². The molecule has 1 fully saturated rings. The lowest BCUT2D eigenvalue weighted by Crippen LogP contribution is -2.23. The van der Waals surface area contributed by atoms with Crippen molar-refractivity contribution in [1.82, 2.24) is 4.98 Å². The summed E-state index contributed by atoms with van der Waals surface area (Å²) in [5, 5.41) is 9.91. The average Bonchev–Trinajstić information content (AvgIpc) is 3.12. The van der Waals surface area contributed by atoms with Crippen LogP contribution in [0.1, 0.15) is 18.4 Å². The Labute approximate surface area is 158 Å². The number of aliphatic hydroxyl groups excluding tert-OH is 1. The van der Waals surface area contributed by atoms with E-state index in [2.05, 4.69) is 19.1 Å². The number of aromatic nitrogens is 1. The number of hydrogen-bond acceptors (Lipinski definition) is 4. The van der Waals surface area contributed by atoms with Gasteiger partial charge in [0.05, 0.1) is 17.8 Å². The molecular formula is C22H22N2O3. The summed E-state index contributed by atoms with van der Waals surface area (Å²) in [5.41, 5.74) is 4.91. The fourth-order valence-electron chi connectivity index (χ4n) is 3.50. The molecule has 2 heterocycles. The van der Waals surface area contributed by atoms with E-state index < -0.39 is 0 Å². The van der Waals surface area contributed by atoms with Gasteiger partial charge in [-0.05, 0) is 67.4 Å². The first-order chi connectivity index (χ1) is 13.2. The Morgan fingerprint density at radius 3 is 2.67 bits per heavy atom. The zero-order valence-corrected chi connectivity index (χ0v) is 15.3. The normalized spacial score (nSPS) is 14.1. The topological polar surface area (TPSA) is 62.7 Å². The third-order valence-corrected chi connectivity index (χ3v) is 4.89. The maximum absolute atomic E-state index is 12.0. The number of carbonyl (C=O) groups is 1. The van der Waals surface area contributed by atoms with Gasteiger partial charge in [-0.25, -0.2) is 4.98 Å². The minimum absolute atomic E-state index is 0.00180. The second-order valence-electron chi connectivity index (χ2n) is 6.77. The summed E-state index contributed by atoms with van der Waals surface area (Å²) < 4.78 is 5.41. The van der Waals surface area contributed by atoms with Crippen molar-refractivity contribution in [2.24, 2.45) is 0 Å². The lowest BCUT2D eigenvalue weighted by molar-refractivity contribution is -0.117. The van der Waals surface area contributed by atoms with Gasteiger partial charge in [-0.3, -0.25) is 4.79 Å². The highest BCUT2D eigenvalue weighted by atomic mass is 16.5. The van der Waals surface area contributed by atoms with Crippen LogP contribution in [0.2, 0.25) is 0 Å². The van der Waals surface area contributed by atoms with E-state index in [0.29, 0.717) is 6.42 Å². The molecule has 1 aliphatic heterocycles. The molecule has 0 aliphatic carbocycles. The molecule has 0 saturated carbocycles. The zero-order valence-electron chi connectivity index (χ0n) is 15.3. The summed E-state index contributed by atoms with van der Waals surface area (Å²) in [6.45, 7) is 3.15. The lowest BCUT2D eigenvalue weighted by Gasteiger charge is -2.17. The minimum atomic E-state index is -0.00180. The molecule has 0 atom stereocenters. The van der Waals surface area contributed by atoms with E-state index in [-0.39, 0.29) is 19.1 Å². The molecule has 1 aliphatic rings. The van der Waals surface area contributed by atoms with Crippen LogP contribution in [-0.2, 0) is 4.79 Å². The number of rotatable bonds is 5. The molecule has 0 bridgehead atoms. The zero-order chi connectivity index (χ0) is 18.8. The second kappa shape index (κ2) is 7.37.